The van der Waals surface area contributed by atoms with E-state index in [2.05, 4.69) is 5.32 Å². The van der Waals surface area contributed by atoms with Crippen molar-refractivity contribution in [2.75, 3.05) is 19.6 Å². The van der Waals surface area contributed by atoms with Gasteiger partial charge in [0.05, 0.1) is 6.42 Å². The Labute approximate surface area is 101 Å². The molecule has 0 aromatic carbocycles. The summed E-state index contributed by atoms with van der Waals surface area (Å²) in [7, 11) is 0. The predicted octanol–water partition coefficient (Wildman–Crippen LogP) is 0.226. The number of carbonyl (C=O) groups is 3. The minimum Gasteiger partial charge on any atom is -0.481 e. The topological polar surface area (TPSA) is 86.7 Å². The standard InChI is InChI=1S/C11H20N2O4/c1-3-4-10(15)13(7-5-11(16)17)8-6-12-9(2)14/h3-8H2,1-2H3,(H,12,14)(H,16,17). The lowest BCUT2D eigenvalue weighted by Gasteiger charge is -2.21. The molecule has 0 saturated heterocycles. The molecule has 0 radical (unpaired) electrons. The molecule has 0 aliphatic carbocycles. The van der Waals surface area contributed by atoms with E-state index in [-0.39, 0.29) is 24.8 Å². The van der Waals surface area contributed by atoms with E-state index in [9.17, 15) is 14.4 Å². The molecular formula is C11H20N2O4. The lowest BCUT2D eigenvalue weighted by atomic mass is 10.2. The number of hydrogen-bond acceptors (Lipinski definition) is 3. The summed E-state index contributed by atoms with van der Waals surface area (Å²) in [6, 6.07) is 0. The van der Waals surface area contributed by atoms with E-state index in [1.165, 1.54) is 11.8 Å². The average molecular weight is 244 g/mol. The van der Waals surface area contributed by atoms with E-state index >= 15 is 0 Å². The largest absolute Gasteiger partial charge is 0.481 e. The minimum absolute atomic E-state index is 0.0703. The van der Waals surface area contributed by atoms with Gasteiger partial charge in [0.1, 0.15) is 0 Å². The zero-order valence-corrected chi connectivity index (χ0v) is 10.4. The van der Waals surface area contributed by atoms with Crippen LogP contribution in [0.4, 0.5) is 0 Å². The molecule has 17 heavy (non-hydrogen) atoms. The normalized spacial score (nSPS) is 9.76. The first-order valence-electron chi connectivity index (χ1n) is 5.71. The molecule has 0 aromatic rings. The van der Waals surface area contributed by atoms with E-state index in [1.807, 2.05) is 6.92 Å². The Morgan fingerprint density at radius 2 is 1.82 bits per heavy atom. The van der Waals surface area contributed by atoms with Gasteiger partial charge in [-0.15, -0.1) is 0 Å². The van der Waals surface area contributed by atoms with Crippen LogP contribution in [0.3, 0.4) is 0 Å². The number of rotatable bonds is 8. The summed E-state index contributed by atoms with van der Waals surface area (Å²) in [6.07, 6.45) is 1.05. The highest BCUT2D eigenvalue weighted by atomic mass is 16.4. The van der Waals surface area contributed by atoms with E-state index in [0.29, 0.717) is 19.5 Å². The first-order valence-corrected chi connectivity index (χ1v) is 5.71. The van der Waals surface area contributed by atoms with Gasteiger partial charge in [-0.3, -0.25) is 14.4 Å². The Hall–Kier alpha value is -1.59. The molecule has 0 aliphatic heterocycles. The first kappa shape index (κ1) is 15.4. The molecule has 2 amide bonds. The molecule has 6 nitrogen and oxygen atoms in total. The quantitative estimate of drug-likeness (QED) is 0.639. The summed E-state index contributed by atoms with van der Waals surface area (Å²) < 4.78 is 0. The number of carbonyl (C=O) groups excluding carboxylic acids is 2. The SMILES string of the molecule is CCCC(=O)N(CCNC(C)=O)CCC(=O)O. The Bertz CT molecular complexity index is 279. The lowest BCUT2D eigenvalue weighted by molar-refractivity contribution is -0.138. The fraction of sp³-hybridized carbons (Fsp3) is 0.727. The number of hydrogen-bond donors (Lipinski definition) is 2. The van der Waals surface area contributed by atoms with Crippen LogP contribution in [-0.4, -0.2) is 47.4 Å². The molecule has 0 aromatic heterocycles. The maximum absolute atomic E-state index is 11.7. The van der Waals surface area contributed by atoms with Crippen molar-refractivity contribution >= 4 is 17.8 Å². The molecule has 98 valence electrons. The van der Waals surface area contributed by atoms with Crippen molar-refractivity contribution < 1.29 is 19.5 Å². The highest BCUT2D eigenvalue weighted by molar-refractivity contribution is 5.77. The first-order chi connectivity index (χ1) is 7.97. The maximum atomic E-state index is 11.7. The van der Waals surface area contributed by atoms with Crippen molar-refractivity contribution in [2.45, 2.75) is 33.1 Å². The fourth-order valence-corrected chi connectivity index (χ4v) is 1.33. The molecule has 0 unspecified atom stereocenters. The maximum Gasteiger partial charge on any atom is 0.305 e. The number of carboxylic acids is 1. The Balaban J connectivity index is 4.14. The summed E-state index contributed by atoms with van der Waals surface area (Å²) in [5, 5.41) is 11.2. The molecule has 0 heterocycles. The van der Waals surface area contributed by atoms with Crippen LogP contribution in [0.15, 0.2) is 0 Å². The van der Waals surface area contributed by atoms with E-state index in [1.54, 1.807) is 0 Å². The van der Waals surface area contributed by atoms with Crippen molar-refractivity contribution in [1.82, 2.24) is 10.2 Å². The zero-order valence-electron chi connectivity index (χ0n) is 10.4. The summed E-state index contributed by atoms with van der Waals surface area (Å²) in [6.45, 7) is 4.18. The second-order valence-electron chi connectivity index (χ2n) is 3.76. The van der Waals surface area contributed by atoms with Crippen LogP contribution in [0, 0.1) is 0 Å². The van der Waals surface area contributed by atoms with Crippen LogP contribution in [0.2, 0.25) is 0 Å². The van der Waals surface area contributed by atoms with Crippen molar-refractivity contribution in [2.24, 2.45) is 0 Å². The van der Waals surface area contributed by atoms with Crippen LogP contribution in [0.5, 0.6) is 0 Å². The van der Waals surface area contributed by atoms with Crippen LogP contribution in [0.1, 0.15) is 33.1 Å². The van der Waals surface area contributed by atoms with Crippen LogP contribution < -0.4 is 5.32 Å². The van der Waals surface area contributed by atoms with E-state index in [0.717, 1.165) is 6.42 Å². The molecular weight excluding hydrogens is 224 g/mol. The summed E-state index contributed by atoms with van der Waals surface area (Å²) in [5.74, 6) is -1.16. The second-order valence-corrected chi connectivity index (χ2v) is 3.76. The predicted molar refractivity (Wildman–Crippen MR) is 62.4 cm³/mol. The smallest absolute Gasteiger partial charge is 0.305 e. The monoisotopic (exact) mass is 244 g/mol. The van der Waals surface area contributed by atoms with Crippen LogP contribution in [0.25, 0.3) is 0 Å². The molecule has 0 spiro atoms. The van der Waals surface area contributed by atoms with E-state index < -0.39 is 5.97 Å². The third-order valence-electron chi connectivity index (χ3n) is 2.17. The summed E-state index contributed by atoms with van der Waals surface area (Å²) in [5.41, 5.74) is 0. The Morgan fingerprint density at radius 1 is 1.18 bits per heavy atom. The van der Waals surface area contributed by atoms with Gasteiger partial charge < -0.3 is 15.3 Å². The van der Waals surface area contributed by atoms with Crippen molar-refractivity contribution in [3.05, 3.63) is 0 Å². The third kappa shape index (κ3) is 8.24. The van der Waals surface area contributed by atoms with Crippen molar-refractivity contribution in [3.63, 3.8) is 0 Å². The number of amides is 2. The van der Waals surface area contributed by atoms with Crippen LogP contribution >= 0.6 is 0 Å². The van der Waals surface area contributed by atoms with Gasteiger partial charge in [-0.1, -0.05) is 6.92 Å². The Morgan fingerprint density at radius 3 is 2.29 bits per heavy atom. The minimum atomic E-state index is -0.932. The average Bonchev–Trinajstić information content (AvgIpc) is 2.22. The Kier molecular flexibility index (Phi) is 7.75. The highest BCUT2D eigenvalue weighted by Gasteiger charge is 2.13. The number of nitrogens with zero attached hydrogens (tertiary/aromatic N) is 1. The van der Waals surface area contributed by atoms with Gasteiger partial charge in [-0.05, 0) is 6.42 Å². The summed E-state index contributed by atoms with van der Waals surface area (Å²) in [4.78, 5) is 34.3. The van der Waals surface area contributed by atoms with Gasteiger partial charge in [-0.2, -0.15) is 0 Å². The number of carboxylic acid groups (broad SMARTS) is 1. The van der Waals surface area contributed by atoms with Gasteiger partial charge in [0.2, 0.25) is 11.8 Å². The van der Waals surface area contributed by atoms with Gasteiger partial charge in [0.25, 0.3) is 0 Å². The van der Waals surface area contributed by atoms with Gasteiger partial charge >= 0.3 is 5.97 Å². The molecule has 2 N–H and O–H groups in total. The number of aliphatic carboxylic acids is 1. The molecule has 6 heteroatoms. The molecule has 0 saturated carbocycles. The van der Waals surface area contributed by atoms with Crippen LogP contribution in [-0.2, 0) is 14.4 Å². The number of nitrogens with one attached hydrogen (secondary N) is 1. The van der Waals surface area contributed by atoms with Gasteiger partial charge in [0.15, 0.2) is 0 Å². The van der Waals surface area contributed by atoms with Gasteiger partial charge in [0, 0.05) is 33.0 Å². The molecule has 0 fully saturated rings. The molecule has 0 atom stereocenters. The van der Waals surface area contributed by atoms with Crippen molar-refractivity contribution in [3.8, 4) is 0 Å². The summed E-state index contributed by atoms with van der Waals surface area (Å²) >= 11 is 0. The zero-order chi connectivity index (χ0) is 13.3. The van der Waals surface area contributed by atoms with E-state index in [4.69, 9.17) is 5.11 Å². The highest BCUT2D eigenvalue weighted by Crippen LogP contribution is 1.99. The second kappa shape index (κ2) is 8.55. The molecule has 0 rings (SSSR count). The third-order valence-corrected chi connectivity index (χ3v) is 2.17. The molecule has 0 bridgehead atoms. The molecule has 0 aliphatic rings. The van der Waals surface area contributed by atoms with Crippen molar-refractivity contribution in [1.29, 1.82) is 0 Å². The fourth-order valence-electron chi connectivity index (χ4n) is 1.33. The lowest BCUT2D eigenvalue weighted by Crippen LogP contribution is -2.39. The van der Waals surface area contributed by atoms with Gasteiger partial charge in [-0.25, -0.2) is 0 Å².